The number of benzene rings is 1. The zero-order valence-corrected chi connectivity index (χ0v) is 9.80. The van der Waals surface area contributed by atoms with Gasteiger partial charge in [-0.15, -0.1) is 11.8 Å². The Balaban J connectivity index is 2.99. The van der Waals surface area contributed by atoms with Gasteiger partial charge in [-0.25, -0.2) is 0 Å². The number of hydrogen-bond donors (Lipinski definition) is 1. The summed E-state index contributed by atoms with van der Waals surface area (Å²) in [6.45, 7) is 6.20. The van der Waals surface area contributed by atoms with E-state index < -0.39 is 4.92 Å². The van der Waals surface area contributed by atoms with Crippen molar-refractivity contribution in [1.82, 2.24) is 0 Å². The van der Waals surface area contributed by atoms with E-state index in [1.807, 2.05) is 0 Å². The van der Waals surface area contributed by atoms with Gasteiger partial charge in [-0.3, -0.25) is 10.1 Å². The molecule has 0 heterocycles. The van der Waals surface area contributed by atoms with E-state index >= 15 is 0 Å². The maximum atomic E-state index is 10.5. The van der Waals surface area contributed by atoms with Gasteiger partial charge in [0.2, 0.25) is 0 Å². The van der Waals surface area contributed by atoms with E-state index in [1.54, 1.807) is 17.8 Å². The van der Waals surface area contributed by atoms with E-state index in [0.717, 1.165) is 4.90 Å². The molecule has 0 unspecified atom stereocenters. The van der Waals surface area contributed by atoms with Crippen molar-refractivity contribution in [2.45, 2.75) is 30.4 Å². The van der Waals surface area contributed by atoms with Gasteiger partial charge in [0.15, 0.2) is 0 Å². The summed E-state index contributed by atoms with van der Waals surface area (Å²) >= 11 is 1.60. The first-order valence-electron chi connectivity index (χ1n) is 4.52. The molecule has 0 aromatic heterocycles. The van der Waals surface area contributed by atoms with Crippen LogP contribution in [0.2, 0.25) is 0 Å². The quantitative estimate of drug-likeness (QED) is 0.364. The summed E-state index contributed by atoms with van der Waals surface area (Å²) in [4.78, 5) is 10.9. The van der Waals surface area contributed by atoms with Crippen molar-refractivity contribution in [2.75, 3.05) is 5.73 Å². The molecule has 0 amide bonds. The molecule has 1 aromatic carbocycles. The fourth-order valence-corrected chi connectivity index (χ4v) is 2.04. The number of thioether (sulfide) groups is 1. The molecule has 5 heteroatoms. The molecule has 0 radical (unpaired) electrons. The van der Waals surface area contributed by atoms with Crippen LogP contribution in [0.5, 0.6) is 0 Å². The second-order valence-corrected chi connectivity index (χ2v) is 6.06. The number of anilines is 1. The van der Waals surface area contributed by atoms with Gasteiger partial charge in [-0.05, 0) is 6.07 Å². The molecular formula is C10H14N2O2S. The Morgan fingerprint density at radius 2 is 2.00 bits per heavy atom. The second kappa shape index (κ2) is 4.10. The van der Waals surface area contributed by atoms with Crippen molar-refractivity contribution in [3.8, 4) is 0 Å². The molecule has 0 spiro atoms. The van der Waals surface area contributed by atoms with Gasteiger partial charge in [0.25, 0.3) is 5.69 Å². The molecule has 0 fully saturated rings. The number of rotatable bonds is 2. The zero-order chi connectivity index (χ0) is 11.6. The lowest BCUT2D eigenvalue weighted by Crippen LogP contribution is -2.07. The van der Waals surface area contributed by atoms with E-state index in [-0.39, 0.29) is 10.4 Å². The molecule has 2 N–H and O–H groups in total. The van der Waals surface area contributed by atoms with Crippen molar-refractivity contribution in [3.05, 3.63) is 28.3 Å². The average molecular weight is 226 g/mol. The first-order valence-corrected chi connectivity index (χ1v) is 5.34. The van der Waals surface area contributed by atoms with Crippen LogP contribution in [0.4, 0.5) is 11.4 Å². The molecule has 0 aliphatic rings. The molecule has 0 atom stereocenters. The summed E-state index contributed by atoms with van der Waals surface area (Å²) in [5, 5.41) is 10.5. The van der Waals surface area contributed by atoms with Crippen LogP contribution < -0.4 is 5.73 Å². The molecule has 0 aliphatic carbocycles. The van der Waals surface area contributed by atoms with Gasteiger partial charge < -0.3 is 5.73 Å². The van der Waals surface area contributed by atoms with Crippen LogP contribution in [-0.4, -0.2) is 9.67 Å². The lowest BCUT2D eigenvalue weighted by atomic mass is 10.2. The van der Waals surface area contributed by atoms with E-state index in [2.05, 4.69) is 20.8 Å². The molecular weight excluding hydrogens is 212 g/mol. The summed E-state index contributed by atoms with van der Waals surface area (Å²) in [6.07, 6.45) is 0. The third-order valence-corrected chi connectivity index (χ3v) is 2.82. The minimum Gasteiger partial charge on any atom is -0.398 e. The van der Waals surface area contributed by atoms with Crippen LogP contribution in [-0.2, 0) is 0 Å². The van der Waals surface area contributed by atoms with Crippen molar-refractivity contribution < 1.29 is 4.92 Å². The highest BCUT2D eigenvalue weighted by atomic mass is 32.2. The lowest BCUT2D eigenvalue weighted by Gasteiger charge is -2.18. The van der Waals surface area contributed by atoms with E-state index in [9.17, 15) is 10.1 Å². The fraction of sp³-hybridized carbons (Fsp3) is 0.400. The van der Waals surface area contributed by atoms with E-state index in [0.29, 0.717) is 5.69 Å². The number of nitrogens with zero attached hydrogens (tertiary/aromatic N) is 1. The maximum absolute atomic E-state index is 10.5. The number of nitrogen functional groups attached to an aromatic ring is 1. The first kappa shape index (κ1) is 11.8. The molecule has 0 saturated carbocycles. The Morgan fingerprint density at radius 3 is 2.40 bits per heavy atom. The predicted molar refractivity (Wildman–Crippen MR) is 63.1 cm³/mol. The van der Waals surface area contributed by atoms with Gasteiger partial charge >= 0.3 is 0 Å². The summed E-state index contributed by atoms with van der Waals surface area (Å²) in [6, 6.07) is 4.57. The van der Waals surface area contributed by atoms with Crippen molar-refractivity contribution in [3.63, 3.8) is 0 Å². The minimum atomic E-state index is -0.443. The normalized spacial score (nSPS) is 11.4. The highest BCUT2D eigenvalue weighted by molar-refractivity contribution is 8.00. The summed E-state index contributed by atoms with van der Waals surface area (Å²) < 4.78 is 0.0459. The van der Waals surface area contributed by atoms with Crippen LogP contribution in [0.1, 0.15) is 20.8 Å². The highest BCUT2D eigenvalue weighted by Crippen LogP contribution is 2.36. The van der Waals surface area contributed by atoms with Crippen LogP contribution in [0.25, 0.3) is 0 Å². The smallest absolute Gasteiger partial charge is 0.271 e. The lowest BCUT2D eigenvalue weighted by molar-refractivity contribution is -0.384. The second-order valence-electron chi connectivity index (χ2n) is 4.19. The number of non-ortho nitro benzene ring substituents is 1. The number of nitro benzene ring substituents is 1. The SMILES string of the molecule is CC(C)(C)Sc1ccc([N+](=O)[O-])cc1N. The zero-order valence-electron chi connectivity index (χ0n) is 8.98. The molecule has 82 valence electrons. The van der Waals surface area contributed by atoms with E-state index in [1.165, 1.54) is 12.1 Å². The van der Waals surface area contributed by atoms with E-state index in [4.69, 9.17) is 5.73 Å². The molecule has 0 bridgehead atoms. The first-order chi connectivity index (χ1) is 6.79. The van der Waals surface area contributed by atoms with Crippen LogP contribution in [0, 0.1) is 10.1 Å². The summed E-state index contributed by atoms with van der Waals surface area (Å²) in [5.74, 6) is 0. The van der Waals surface area contributed by atoms with Gasteiger partial charge in [0, 0.05) is 21.8 Å². The van der Waals surface area contributed by atoms with Crippen LogP contribution in [0.15, 0.2) is 23.1 Å². The van der Waals surface area contributed by atoms with Crippen molar-refractivity contribution >= 4 is 23.1 Å². The van der Waals surface area contributed by atoms with Crippen LogP contribution in [0.3, 0.4) is 0 Å². The van der Waals surface area contributed by atoms with Crippen molar-refractivity contribution in [2.24, 2.45) is 0 Å². The van der Waals surface area contributed by atoms with Gasteiger partial charge in [-0.1, -0.05) is 20.8 Å². The van der Waals surface area contributed by atoms with Gasteiger partial charge in [0.1, 0.15) is 0 Å². The summed E-state index contributed by atoms with van der Waals surface area (Å²) in [7, 11) is 0. The third-order valence-electron chi connectivity index (χ3n) is 1.62. The Labute approximate surface area is 93.0 Å². The number of hydrogen-bond acceptors (Lipinski definition) is 4. The molecule has 1 rings (SSSR count). The minimum absolute atomic E-state index is 0.0331. The predicted octanol–water partition coefficient (Wildman–Crippen LogP) is 3.07. The largest absolute Gasteiger partial charge is 0.398 e. The maximum Gasteiger partial charge on any atom is 0.271 e. The Bertz CT molecular complexity index is 385. The molecule has 1 aromatic rings. The van der Waals surface area contributed by atoms with Gasteiger partial charge in [-0.2, -0.15) is 0 Å². The molecule has 4 nitrogen and oxygen atoms in total. The van der Waals surface area contributed by atoms with Gasteiger partial charge in [0.05, 0.1) is 10.6 Å². The standard InChI is InChI=1S/C10H14N2O2S/c1-10(2,3)15-9-5-4-7(12(13)14)6-8(9)11/h4-6H,11H2,1-3H3. The number of nitro groups is 1. The topological polar surface area (TPSA) is 69.2 Å². The third kappa shape index (κ3) is 3.43. The Hall–Kier alpha value is -1.23. The molecule has 0 saturated heterocycles. The fourth-order valence-electron chi connectivity index (χ4n) is 1.07. The average Bonchev–Trinajstić information content (AvgIpc) is 2.05. The Morgan fingerprint density at radius 1 is 1.40 bits per heavy atom. The Kier molecular flexibility index (Phi) is 3.24. The highest BCUT2D eigenvalue weighted by Gasteiger charge is 2.16. The van der Waals surface area contributed by atoms with Crippen molar-refractivity contribution in [1.29, 1.82) is 0 Å². The molecule has 0 aliphatic heterocycles. The number of nitrogens with two attached hydrogens (primary N) is 1. The molecule has 15 heavy (non-hydrogen) atoms. The van der Waals surface area contributed by atoms with Crippen LogP contribution >= 0.6 is 11.8 Å². The monoisotopic (exact) mass is 226 g/mol. The summed E-state index contributed by atoms with van der Waals surface area (Å²) in [5.41, 5.74) is 6.24.